The zero-order chi connectivity index (χ0) is 13.9. The first kappa shape index (κ1) is 13.3. The zero-order valence-corrected chi connectivity index (χ0v) is 11.5. The Balaban J connectivity index is 2.24. The summed E-state index contributed by atoms with van der Waals surface area (Å²) in [5, 5.41) is 2.93. The lowest BCUT2D eigenvalue weighted by Gasteiger charge is -2.18. The molecule has 1 heterocycles. The zero-order valence-electron chi connectivity index (χ0n) is 11.5. The molecule has 3 heteroatoms. The lowest BCUT2D eigenvalue weighted by molar-refractivity contribution is -0.123. The van der Waals surface area contributed by atoms with Crippen LogP contribution in [0.4, 0.5) is 5.69 Å². The Kier molecular flexibility index (Phi) is 3.65. The number of aromatic nitrogens is 1. The van der Waals surface area contributed by atoms with Crippen molar-refractivity contribution in [3.8, 4) is 11.1 Å². The number of rotatable bonds is 2. The van der Waals surface area contributed by atoms with E-state index in [0.29, 0.717) is 0 Å². The highest BCUT2D eigenvalue weighted by atomic mass is 16.2. The van der Waals surface area contributed by atoms with Crippen LogP contribution in [0.1, 0.15) is 20.8 Å². The molecule has 1 N–H and O–H groups in total. The third-order valence-corrected chi connectivity index (χ3v) is 2.80. The normalized spacial score (nSPS) is 11.1. The van der Waals surface area contributed by atoms with E-state index in [0.717, 1.165) is 16.8 Å². The smallest absolute Gasteiger partial charge is 0.229 e. The van der Waals surface area contributed by atoms with Gasteiger partial charge in [-0.1, -0.05) is 39.0 Å². The Hall–Kier alpha value is -2.16. The van der Waals surface area contributed by atoms with Crippen molar-refractivity contribution in [3.63, 3.8) is 0 Å². The van der Waals surface area contributed by atoms with E-state index in [-0.39, 0.29) is 5.91 Å². The number of pyridine rings is 1. The second-order valence-corrected chi connectivity index (χ2v) is 5.53. The van der Waals surface area contributed by atoms with Gasteiger partial charge in [0.05, 0.1) is 0 Å². The monoisotopic (exact) mass is 254 g/mol. The molecule has 0 aliphatic heterocycles. The number of nitrogens with one attached hydrogen (secondary N) is 1. The molecular weight excluding hydrogens is 236 g/mol. The average molecular weight is 254 g/mol. The van der Waals surface area contributed by atoms with Crippen molar-refractivity contribution >= 4 is 11.6 Å². The molecule has 98 valence electrons. The van der Waals surface area contributed by atoms with Crippen molar-refractivity contribution in [2.24, 2.45) is 5.41 Å². The molecule has 0 radical (unpaired) electrons. The summed E-state index contributed by atoms with van der Waals surface area (Å²) in [7, 11) is 0. The summed E-state index contributed by atoms with van der Waals surface area (Å²) in [4.78, 5) is 16.1. The number of hydrogen-bond acceptors (Lipinski definition) is 2. The second-order valence-electron chi connectivity index (χ2n) is 5.53. The van der Waals surface area contributed by atoms with Crippen LogP contribution in [0.5, 0.6) is 0 Å². The molecule has 0 bridgehead atoms. The van der Waals surface area contributed by atoms with Gasteiger partial charge in [-0.25, -0.2) is 0 Å². The van der Waals surface area contributed by atoms with Gasteiger partial charge in [0.15, 0.2) is 0 Å². The fourth-order valence-corrected chi connectivity index (χ4v) is 1.63. The van der Waals surface area contributed by atoms with Gasteiger partial charge in [-0.3, -0.25) is 9.78 Å². The molecule has 2 rings (SSSR count). The summed E-state index contributed by atoms with van der Waals surface area (Å²) in [5.41, 5.74) is 2.49. The third kappa shape index (κ3) is 3.41. The minimum Gasteiger partial charge on any atom is -0.326 e. The van der Waals surface area contributed by atoms with Gasteiger partial charge in [-0.05, 0) is 23.8 Å². The highest BCUT2D eigenvalue weighted by Gasteiger charge is 2.21. The van der Waals surface area contributed by atoms with E-state index in [1.54, 1.807) is 6.20 Å². The van der Waals surface area contributed by atoms with Crippen LogP contribution in [0, 0.1) is 5.41 Å². The molecule has 0 unspecified atom stereocenters. The predicted octanol–water partition coefficient (Wildman–Crippen LogP) is 3.73. The summed E-state index contributed by atoms with van der Waals surface area (Å²) >= 11 is 0. The van der Waals surface area contributed by atoms with Crippen LogP contribution >= 0.6 is 0 Å². The summed E-state index contributed by atoms with van der Waals surface area (Å²) in [5.74, 6) is 0.0100. The number of hydrogen-bond donors (Lipinski definition) is 1. The molecule has 3 nitrogen and oxygen atoms in total. The van der Waals surface area contributed by atoms with Gasteiger partial charge < -0.3 is 5.32 Å². The van der Waals surface area contributed by atoms with Crippen LogP contribution in [-0.4, -0.2) is 10.9 Å². The number of amides is 1. The first-order valence-corrected chi connectivity index (χ1v) is 6.29. The first-order chi connectivity index (χ1) is 8.97. The number of anilines is 1. The van der Waals surface area contributed by atoms with E-state index in [9.17, 15) is 4.79 Å². The van der Waals surface area contributed by atoms with Crippen LogP contribution in [0.15, 0.2) is 48.8 Å². The van der Waals surface area contributed by atoms with Gasteiger partial charge in [0.25, 0.3) is 0 Å². The number of carbonyl (C=O) groups excluding carboxylic acids is 1. The molecule has 0 fully saturated rings. The third-order valence-electron chi connectivity index (χ3n) is 2.80. The van der Waals surface area contributed by atoms with Gasteiger partial charge >= 0.3 is 0 Å². The summed E-state index contributed by atoms with van der Waals surface area (Å²) < 4.78 is 0. The van der Waals surface area contributed by atoms with E-state index < -0.39 is 5.41 Å². The molecular formula is C16H18N2O. The van der Waals surface area contributed by atoms with Crippen molar-refractivity contribution in [1.82, 2.24) is 4.98 Å². The molecule has 1 aromatic heterocycles. The average Bonchev–Trinajstić information content (AvgIpc) is 2.39. The fraction of sp³-hybridized carbons (Fsp3) is 0.250. The molecule has 0 aliphatic carbocycles. The standard InChI is InChI=1S/C16H18N2O/c1-16(2,3)15(19)18-14-8-4-6-12(10-14)13-7-5-9-17-11-13/h4-11H,1-3H3,(H,18,19). The van der Waals surface area contributed by atoms with Gasteiger partial charge in [-0.2, -0.15) is 0 Å². The van der Waals surface area contributed by atoms with Crippen LogP contribution in [0.2, 0.25) is 0 Å². The van der Waals surface area contributed by atoms with E-state index in [2.05, 4.69) is 10.3 Å². The molecule has 0 saturated carbocycles. The Bertz CT molecular complexity index is 571. The number of nitrogens with zero attached hydrogens (tertiary/aromatic N) is 1. The molecule has 0 atom stereocenters. The first-order valence-electron chi connectivity index (χ1n) is 6.29. The maximum absolute atomic E-state index is 12.0. The Morgan fingerprint density at radius 2 is 1.84 bits per heavy atom. The lowest BCUT2D eigenvalue weighted by atomic mass is 9.95. The summed E-state index contributed by atoms with van der Waals surface area (Å²) in [6.07, 6.45) is 3.55. The maximum Gasteiger partial charge on any atom is 0.229 e. The van der Waals surface area contributed by atoms with Crippen molar-refractivity contribution < 1.29 is 4.79 Å². The fourth-order valence-electron chi connectivity index (χ4n) is 1.63. The minimum absolute atomic E-state index is 0.0100. The minimum atomic E-state index is -0.399. The predicted molar refractivity (Wildman–Crippen MR) is 77.8 cm³/mol. The van der Waals surface area contributed by atoms with Crippen molar-refractivity contribution in [2.75, 3.05) is 5.32 Å². The Morgan fingerprint density at radius 3 is 2.47 bits per heavy atom. The summed E-state index contributed by atoms with van der Waals surface area (Å²) in [6, 6.07) is 11.7. The summed E-state index contributed by atoms with van der Waals surface area (Å²) in [6.45, 7) is 5.69. The van der Waals surface area contributed by atoms with E-state index >= 15 is 0 Å². The van der Waals surface area contributed by atoms with Gasteiger partial charge in [-0.15, -0.1) is 0 Å². The molecule has 1 aromatic carbocycles. The van der Waals surface area contributed by atoms with Crippen molar-refractivity contribution in [3.05, 3.63) is 48.8 Å². The van der Waals surface area contributed by atoms with Gasteiger partial charge in [0, 0.05) is 29.1 Å². The van der Waals surface area contributed by atoms with Gasteiger partial charge in [0.2, 0.25) is 5.91 Å². The Morgan fingerprint density at radius 1 is 1.11 bits per heavy atom. The molecule has 2 aromatic rings. The molecule has 0 saturated heterocycles. The van der Waals surface area contributed by atoms with Crippen LogP contribution in [0.3, 0.4) is 0 Å². The number of carbonyl (C=O) groups is 1. The second kappa shape index (κ2) is 5.22. The largest absolute Gasteiger partial charge is 0.326 e. The Labute approximate surface area is 113 Å². The van der Waals surface area contributed by atoms with Crippen LogP contribution in [0.25, 0.3) is 11.1 Å². The number of benzene rings is 1. The molecule has 19 heavy (non-hydrogen) atoms. The molecule has 0 spiro atoms. The quantitative estimate of drug-likeness (QED) is 0.887. The van der Waals surface area contributed by atoms with Gasteiger partial charge in [0.1, 0.15) is 0 Å². The lowest BCUT2D eigenvalue weighted by Crippen LogP contribution is -2.27. The molecule has 0 aliphatic rings. The topological polar surface area (TPSA) is 42.0 Å². The van der Waals surface area contributed by atoms with Crippen molar-refractivity contribution in [2.45, 2.75) is 20.8 Å². The van der Waals surface area contributed by atoms with E-state index in [1.165, 1.54) is 0 Å². The van der Waals surface area contributed by atoms with Crippen molar-refractivity contribution in [1.29, 1.82) is 0 Å². The van der Waals surface area contributed by atoms with Crippen LogP contribution < -0.4 is 5.32 Å². The highest BCUT2D eigenvalue weighted by Crippen LogP contribution is 2.23. The highest BCUT2D eigenvalue weighted by molar-refractivity contribution is 5.95. The van der Waals surface area contributed by atoms with E-state index in [1.807, 2.05) is 63.4 Å². The SMILES string of the molecule is CC(C)(C)C(=O)Nc1cccc(-c2cccnc2)c1. The maximum atomic E-state index is 12.0. The van der Waals surface area contributed by atoms with E-state index in [4.69, 9.17) is 0 Å². The molecule has 1 amide bonds. The van der Waals surface area contributed by atoms with Crippen LogP contribution in [-0.2, 0) is 4.79 Å².